The van der Waals surface area contributed by atoms with Crippen LogP contribution in [0.1, 0.15) is 29.8 Å². The van der Waals surface area contributed by atoms with Gasteiger partial charge < -0.3 is 5.32 Å². The molecule has 1 unspecified atom stereocenters. The average Bonchev–Trinajstić information content (AvgIpc) is 2.28. The van der Waals surface area contributed by atoms with Gasteiger partial charge in [-0.15, -0.1) is 0 Å². The molecule has 1 amide bonds. The lowest BCUT2D eigenvalue weighted by molar-refractivity contribution is 0.0937. The quantitative estimate of drug-likeness (QED) is 0.897. The Balaban J connectivity index is 2.91. The van der Waals surface area contributed by atoms with Gasteiger partial charge in [-0.25, -0.2) is 0 Å². The number of nitriles is 1. The van der Waals surface area contributed by atoms with Crippen LogP contribution in [0.5, 0.6) is 0 Å². The van der Waals surface area contributed by atoms with Crippen molar-refractivity contribution >= 4 is 17.5 Å². The van der Waals surface area contributed by atoms with Crippen molar-refractivity contribution in [2.75, 3.05) is 0 Å². The van der Waals surface area contributed by atoms with Crippen LogP contribution < -0.4 is 5.32 Å². The lowest BCUT2D eigenvalue weighted by Gasteiger charge is -2.16. The second-order valence-electron chi connectivity index (χ2n) is 4.24. The maximum absolute atomic E-state index is 12.0. The molecule has 1 aromatic carbocycles. The molecule has 3 nitrogen and oxygen atoms in total. The molecule has 0 fully saturated rings. The molecule has 0 heterocycles. The van der Waals surface area contributed by atoms with Gasteiger partial charge in [0.05, 0.1) is 6.07 Å². The number of halogens is 1. The van der Waals surface area contributed by atoms with E-state index < -0.39 is 6.04 Å². The Labute approximate surface area is 106 Å². The topological polar surface area (TPSA) is 52.9 Å². The molecule has 1 N–H and O–H groups in total. The van der Waals surface area contributed by atoms with Crippen molar-refractivity contribution < 1.29 is 4.79 Å². The Morgan fingerprint density at radius 3 is 2.65 bits per heavy atom. The predicted molar refractivity (Wildman–Crippen MR) is 67.9 cm³/mol. The minimum absolute atomic E-state index is 0.0726. The summed E-state index contributed by atoms with van der Waals surface area (Å²) in [6.07, 6.45) is 0. The Hall–Kier alpha value is -1.53. The normalized spacial score (nSPS) is 12.0. The zero-order valence-corrected chi connectivity index (χ0v) is 10.9. The van der Waals surface area contributed by atoms with Crippen LogP contribution in [-0.4, -0.2) is 11.9 Å². The van der Waals surface area contributed by atoms with Crippen LogP contribution in [-0.2, 0) is 0 Å². The van der Waals surface area contributed by atoms with Crippen molar-refractivity contribution in [1.29, 1.82) is 5.26 Å². The summed E-state index contributed by atoms with van der Waals surface area (Å²) in [5.74, 6) is -0.186. The van der Waals surface area contributed by atoms with E-state index in [1.165, 1.54) is 0 Å². The first kappa shape index (κ1) is 13.5. The maximum atomic E-state index is 12.0. The van der Waals surface area contributed by atoms with Crippen molar-refractivity contribution in [2.24, 2.45) is 5.92 Å². The van der Waals surface area contributed by atoms with Crippen molar-refractivity contribution in [2.45, 2.75) is 26.8 Å². The first-order valence-corrected chi connectivity index (χ1v) is 5.80. The standard InChI is InChI=1S/C13H15ClN2O/c1-8(2)12(7-15)16-13(17)10-5-4-6-11(14)9(10)3/h4-6,8,12H,1-3H3,(H,16,17). The number of benzene rings is 1. The molecular weight excluding hydrogens is 236 g/mol. The highest BCUT2D eigenvalue weighted by Gasteiger charge is 2.18. The SMILES string of the molecule is Cc1c(Cl)cccc1C(=O)NC(C#N)C(C)C. The number of nitrogens with zero attached hydrogens (tertiary/aromatic N) is 1. The summed E-state index contributed by atoms with van der Waals surface area (Å²) in [5.41, 5.74) is 1.24. The third-order valence-corrected chi connectivity index (χ3v) is 3.01. The van der Waals surface area contributed by atoms with E-state index in [0.29, 0.717) is 10.6 Å². The van der Waals surface area contributed by atoms with E-state index in [4.69, 9.17) is 16.9 Å². The molecule has 1 rings (SSSR count). The summed E-state index contributed by atoms with van der Waals surface area (Å²) in [6, 6.07) is 6.74. The Bertz CT molecular complexity index is 463. The fraction of sp³-hybridized carbons (Fsp3) is 0.385. The van der Waals surface area contributed by atoms with E-state index >= 15 is 0 Å². The highest BCUT2D eigenvalue weighted by molar-refractivity contribution is 6.31. The van der Waals surface area contributed by atoms with E-state index in [2.05, 4.69) is 11.4 Å². The van der Waals surface area contributed by atoms with Gasteiger partial charge in [0.15, 0.2) is 0 Å². The molecular formula is C13H15ClN2O. The van der Waals surface area contributed by atoms with Crippen molar-refractivity contribution in [3.05, 3.63) is 34.3 Å². The molecule has 0 spiro atoms. The number of amides is 1. The highest BCUT2D eigenvalue weighted by Crippen LogP contribution is 2.18. The van der Waals surface area contributed by atoms with E-state index in [1.54, 1.807) is 25.1 Å². The fourth-order valence-electron chi connectivity index (χ4n) is 1.42. The van der Waals surface area contributed by atoms with Gasteiger partial charge in [-0.1, -0.05) is 31.5 Å². The van der Waals surface area contributed by atoms with Crippen molar-refractivity contribution in [3.8, 4) is 6.07 Å². The molecule has 0 radical (unpaired) electrons. The van der Waals surface area contributed by atoms with Gasteiger partial charge in [0.2, 0.25) is 0 Å². The van der Waals surface area contributed by atoms with Gasteiger partial charge in [-0.05, 0) is 30.5 Å². The van der Waals surface area contributed by atoms with Gasteiger partial charge in [-0.2, -0.15) is 5.26 Å². The lowest BCUT2D eigenvalue weighted by Crippen LogP contribution is -2.37. The third kappa shape index (κ3) is 3.21. The summed E-state index contributed by atoms with van der Waals surface area (Å²) in [7, 11) is 0. The van der Waals surface area contributed by atoms with Gasteiger partial charge in [0.25, 0.3) is 5.91 Å². The molecule has 0 saturated carbocycles. The summed E-state index contributed by atoms with van der Waals surface area (Å²) >= 11 is 5.95. The van der Waals surface area contributed by atoms with Crippen LogP contribution in [0.2, 0.25) is 5.02 Å². The first-order valence-electron chi connectivity index (χ1n) is 5.43. The van der Waals surface area contributed by atoms with Crippen LogP contribution in [0.3, 0.4) is 0 Å². The van der Waals surface area contributed by atoms with Crippen molar-refractivity contribution in [1.82, 2.24) is 5.32 Å². The molecule has 17 heavy (non-hydrogen) atoms. The van der Waals surface area contributed by atoms with Crippen LogP contribution in [0.4, 0.5) is 0 Å². The fourth-order valence-corrected chi connectivity index (χ4v) is 1.59. The highest BCUT2D eigenvalue weighted by atomic mass is 35.5. The summed E-state index contributed by atoms with van der Waals surface area (Å²) in [4.78, 5) is 12.0. The molecule has 0 aliphatic heterocycles. The first-order chi connectivity index (χ1) is 7.97. The van der Waals surface area contributed by atoms with Crippen molar-refractivity contribution in [3.63, 3.8) is 0 Å². The van der Waals surface area contributed by atoms with E-state index in [9.17, 15) is 4.79 Å². The Kier molecular flexibility index (Phi) is 4.53. The molecule has 0 aromatic heterocycles. The smallest absolute Gasteiger partial charge is 0.252 e. The Morgan fingerprint density at radius 1 is 1.47 bits per heavy atom. The molecule has 0 saturated heterocycles. The Morgan fingerprint density at radius 2 is 2.12 bits per heavy atom. The molecule has 1 aromatic rings. The summed E-state index contributed by atoms with van der Waals surface area (Å²) in [6.45, 7) is 5.56. The van der Waals surface area contributed by atoms with E-state index in [0.717, 1.165) is 5.56 Å². The molecule has 90 valence electrons. The third-order valence-electron chi connectivity index (χ3n) is 2.60. The summed E-state index contributed by atoms with van der Waals surface area (Å²) in [5, 5.41) is 12.2. The van der Waals surface area contributed by atoms with Crippen LogP contribution in [0.25, 0.3) is 0 Å². The largest absolute Gasteiger partial charge is 0.336 e. The van der Waals surface area contributed by atoms with Gasteiger partial charge in [0.1, 0.15) is 6.04 Å². The second-order valence-corrected chi connectivity index (χ2v) is 4.64. The molecule has 1 atom stereocenters. The molecule has 0 bridgehead atoms. The molecule has 0 aliphatic carbocycles. The summed E-state index contributed by atoms with van der Waals surface area (Å²) < 4.78 is 0. The maximum Gasteiger partial charge on any atom is 0.252 e. The lowest BCUT2D eigenvalue weighted by atomic mass is 10.0. The predicted octanol–water partition coefficient (Wildman–Crippen LogP) is 2.93. The van der Waals surface area contributed by atoms with Crippen LogP contribution >= 0.6 is 11.6 Å². The molecule has 4 heteroatoms. The monoisotopic (exact) mass is 250 g/mol. The number of hydrogen-bond donors (Lipinski definition) is 1. The van der Waals surface area contributed by atoms with E-state index in [-0.39, 0.29) is 11.8 Å². The number of rotatable bonds is 3. The van der Waals surface area contributed by atoms with Gasteiger partial charge >= 0.3 is 0 Å². The number of carbonyl (C=O) groups is 1. The number of carbonyl (C=O) groups excluding carboxylic acids is 1. The minimum atomic E-state index is -0.485. The van der Waals surface area contributed by atoms with Gasteiger partial charge in [-0.3, -0.25) is 4.79 Å². The minimum Gasteiger partial charge on any atom is -0.336 e. The van der Waals surface area contributed by atoms with Gasteiger partial charge in [0, 0.05) is 10.6 Å². The van der Waals surface area contributed by atoms with Crippen LogP contribution in [0, 0.1) is 24.2 Å². The molecule has 0 aliphatic rings. The average molecular weight is 251 g/mol. The second kappa shape index (κ2) is 5.70. The van der Waals surface area contributed by atoms with E-state index in [1.807, 2.05) is 13.8 Å². The zero-order chi connectivity index (χ0) is 13.0. The number of hydrogen-bond acceptors (Lipinski definition) is 2. The zero-order valence-electron chi connectivity index (χ0n) is 10.1. The van der Waals surface area contributed by atoms with Crippen LogP contribution in [0.15, 0.2) is 18.2 Å². The number of nitrogens with one attached hydrogen (secondary N) is 1.